The number of rotatable bonds is 21. The van der Waals surface area contributed by atoms with Crippen molar-refractivity contribution in [3.05, 3.63) is 25.3 Å². The minimum atomic E-state index is -1.34. The third-order valence-electron chi connectivity index (χ3n) is 5.83. The van der Waals surface area contributed by atoms with Gasteiger partial charge in [-0.1, -0.05) is 27.0 Å². The molecule has 14 nitrogen and oxygen atoms in total. The highest BCUT2D eigenvalue weighted by atomic mass is 16.6. The fraction of sp³-hybridized carbons (Fsp3) is 0.615. The van der Waals surface area contributed by atoms with Crippen LogP contribution in [0, 0.1) is 23.7 Å². The zero-order chi connectivity index (χ0) is 30.8. The summed E-state index contributed by atoms with van der Waals surface area (Å²) >= 11 is 0. The van der Waals surface area contributed by atoms with E-state index in [0.29, 0.717) is 0 Å². The smallest absolute Gasteiger partial charge is 0.330 e. The molecular weight excluding hydrogens is 532 g/mol. The largest absolute Gasteiger partial charge is 0.463 e. The molecule has 14 heteroatoms. The second-order valence-corrected chi connectivity index (χ2v) is 9.15. The van der Waals surface area contributed by atoms with Gasteiger partial charge in [0.2, 0.25) is 11.8 Å². The molecule has 6 N–H and O–H groups in total. The molecule has 6 atom stereocenters. The van der Waals surface area contributed by atoms with Crippen molar-refractivity contribution < 1.29 is 57.9 Å². The molecule has 226 valence electrons. The molecule has 6 unspecified atom stereocenters. The van der Waals surface area contributed by atoms with Gasteiger partial charge >= 0.3 is 23.9 Å². The average molecular weight is 573 g/mol. The Labute approximate surface area is 232 Å². The Morgan fingerprint density at radius 3 is 1.45 bits per heavy atom. The molecule has 0 radical (unpaired) electrons. The van der Waals surface area contributed by atoms with Crippen molar-refractivity contribution in [2.45, 2.75) is 51.7 Å². The van der Waals surface area contributed by atoms with Crippen LogP contribution in [-0.4, -0.2) is 84.5 Å². The second kappa shape index (κ2) is 19.3. The predicted octanol–water partition coefficient (Wildman–Crippen LogP) is -0.711. The second-order valence-electron chi connectivity index (χ2n) is 9.15. The van der Waals surface area contributed by atoms with Crippen LogP contribution in [0.3, 0.4) is 0 Å². The van der Waals surface area contributed by atoms with Crippen molar-refractivity contribution in [2.24, 2.45) is 35.1 Å². The molecule has 0 rings (SSSR count). The third-order valence-corrected chi connectivity index (χ3v) is 5.83. The molecule has 0 aromatic heterocycles. The van der Waals surface area contributed by atoms with Crippen LogP contribution >= 0.6 is 0 Å². The standard InChI is InChI=1S/C26H40N2O12/c1-5-16(25(35)39-13-19(29)11-37-21(31)6-2)9-17(24(28)34)10-18(8-15(4)23(27)33)26(36)40-14-20(30)12-38-22(32)7-3/h6-7,15-20,29-30H,2-3,5,8-14H2,1,4H3,(H2,27,33)(H2,28,34). The Morgan fingerprint density at radius 1 is 0.675 bits per heavy atom. The number of carbonyl (C=O) groups is 6. The van der Waals surface area contributed by atoms with Gasteiger partial charge in [-0.15, -0.1) is 0 Å². The minimum absolute atomic E-state index is 0.101. The number of ether oxygens (including phenoxy) is 4. The number of aliphatic hydroxyl groups excluding tert-OH is 2. The molecule has 0 saturated carbocycles. The molecule has 0 aliphatic heterocycles. The first-order chi connectivity index (χ1) is 18.7. The third kappa shape index (κ3) is 15.0. The van der Waals surface area contributed by atoms with Gasteiger partial charge in [0.25, 0.3) is 0 Å². The summed E-state index contributed by atoms with van der Waals surface area (Å²) in [5, 5.41) is 19.7. The van der Waals surface area contributed by atoms with E-state index >= 15 is 0 Å². The SMILES string of the molecule is C=CC(=O)OCC(O)COC(=O)C(CC)CC(CC(CC(C)C(N)=O)C(=O)OCC(O)COC(=O)C=C)C(N)=O. The van der Waals surface area contributed by atoms with Gasteiger partial charge in [0.05, 0.1) is 11.8 Å². The summed E-state index contributed by atoms with van der Waals surface area (Å²) in [6.45, 7) is 7.67. The zero-order valence-electron chi connectivity index (χ0n) is 22.8. The van der Waals surface area contributed by atoms with E-state index in [-0.39, 0.29) is 25.7 Å². The maximum Gasteiger partial charge on any atom is 0.330 e. The summed E-state index contributed by atoms with van der Waals surface area (Å²) in [5.41, 5.74) is 10.9. The average Bonchev–Trinajstić information content (AvgIpc) is 2.92. The number of amides is 2. The van der Waals surface area contributed by atoms with Crippen molar-refractivity contribution in [3.8, 4) is 0 Å². The fourth-order valence-corrected chi connectivity index (χ4v) is 3.44. The molecule has 0 aliphatic rings. The lowest BCUT2D eigenvalue weighted by atomic mass is 9.82. The van der Waals surface area contributed by atoms with Gasteiger partial charge in [-0.2, -0.15) is 0 Å². The van der Waals surface area contributed by atoms with Crippen LogP contribution in [0.15, 0.2) is 25.3 Å². The number of hydrogen-bond donors (Lipinski definition) is 4. The molecule has 0 heterocycles. The highest BCUT2D eigenvalue weighted by molar-refractivity contribution is 5.82. The molecule has 0 saturated heterocycles. The van der Waals surface area contributed by atoms with E-state index in [9.17, 15) is 39.0 Å². The van der Waals surface area contributed by atoms with E-state index < -0.39 is 98.0 Å². The first-order valence-electron chi connectivity index (χ1n) is 12.6. The van der Waals surface area contributed by atoms with Crippen LogP contribution in [-0.2, 0) is 47.7 Å². The predicted molar refractivity (Wildman–Crippen MR) is 138 cm³/mol. The maximum atomic E-state index is 12.8. The lowest BCUT2D eigenvalue weighted by Crippen LogP contribution is -2.35. The monoisotopic (exact) mass is 572 g/mol. The lowest BCUT2D eigenvalue weighted by molar-refractivity contribution is -0.155. The van der Waals surface area contributed by atoms with Gasteiger partial charge in [-0.25, -0.2) is 9.59 Å². The van der Waals surface area contributed by atoms with Crippen LogP contribution in [0.4, 0.5) is 0 Å². The summed E-state index contributed by atoms with van der Waals surface area (Å²) in [7, 11) is 0. The summed E-state index contributed by atoms with van der Waals surface area (Å²) in [5.74, 6) is -8.36. The van der Waals surface area contributed by atoms with Crippen molar-refractivity contribution in [1.82, 2.24) is 0 Å². The number of hydrogen-bond acceptors (Lipinski definition) is 12. The topological polar surface area (TPSA) is 232 Å². The molecule has 0 fully saturated rings. The first kappa shape index (κ1) is 36.2. The summed E-state index contributed by atoms with van der Waals surface area (Å²) < 4.78 is 19.5. The molecule has 0 aromatic rings. The Bertz CT molecular complexity index is 906. The number of aliphatic hydroxyl groups is 2. The molecule has 2 amide bonds. The van der Waals surface area contributed by atoms with Gasteiger partial charge in [-0.3, -0.25) is 19.2 Å². The molecule has 0 aromatic carbocycles. The van der Waals surface area contributed by atoms with E-state index in [1.54, 1.807) is 6.92 Å². The normalized spacial score (nSPS) is 15.2. The van der Waals surface area contributed by atoms with Gasteiger partial charge in [0.1, 0.15) is 38.6 Å². The Hall–Kier alpha value is -3.78. The lowest BCUT2D eigenvalue weighted by Gasteiger charge is -2.25. The van der Waals surface area contributed by atoms with E-state index in [2.05, 4.69) is 22.6 Å². The van der Waals surface area contributed by atoms with Crippen molar-refractivity contribution >= 4 is 35.7 Å². The van der Waals surface area contributed by atoms with E-state index in [0.717, 1.165) is 12.2 Å². The van der Waals surface area contributed by atoms with Crippen LogP contribution in [0.2, 0.25) is 0 Å². The highest BCUT2D eigenvalue weighted by Gasteiger charge is 2.33. The van der Waals surface area contributed by atoms with Crippen LogP contribution in [0.5, 0.6) is 0 Å². The van der Waals surface area contributed by atoms with Crippen molar-refractivity contribution in [2.75, 3.05) is 26.4 Å². The maximum absolute atomic E-state index is 12.8. The zero-order valence-corrected chi connectivity index (χ0v) is 22.8. The number of esters is 4. The molecule has 40 heavy (non-hydrogen) atoms. The highest BCUT2D eigenvalue weighted by Crippen LogP contribution is 2.28. The van der Waals surface area contributed by atoms with E-state index in [1.807, 2.05) is 0 Å². The van der Waals surface area contributed by atoms with Crippen molar-refractivity contribution in [1.29, 1.82) is 0 Å². The molecule has 0 aliphatic carbocycles. The summed E-state index contributed by atoms with van der Waals surface area (Å²) in [4.78, 5) is 71.5. The Morgan fingerprint density at radius 2 is 1.07 bits per heavy atom. The van der Waals surface area contributed by atoms with Crippen LogP contribution < -0.4 is 11.5 Å². The number of carbonyl (C=O) groups excluding carboxylic acids is 6. The molecule has 0 bridgehead atoms. The first-order valence-corrected chi connectivity index (χ1v) is 12.6. The summed E-state index contributed by atoms with van der Waals surface area (Å²) in [6, 6.07) is 0. The van der Waals surface area contributed by atoms with E-state index in [1.165, 1.54) is 6.92 Å². The van der Waals surface area contributed by atoms with Crippen LogP contribution in [0.25, 0.3) is 0 Å². The Balaban J connectivity index is 5.35. The van der Waals surface area contributed by atoms with Gasteiger partial charge < -0.3 is 40.6 Å². The fourth-order valence-electron chi connectivity index (χ4n) is 3.44. The van der Waals surface area contributed by atoms with E-state index in [4.69, 9.17) is 20.9 Å². The molecular formula is C26H40N2O12. The van der Waals surface area contributed by atoms with Gasteiger partial charge in [0, 0.05) is 24.0 Å². The molecule has 0 spiro atoms. The van der Waals surface area contributed by atoms with Gasteiger partial charge in [-0.05, 0) is 25.7 Å². The quantitative estimate of drug-likeness (QED) is 0.0759. The number of nitrogens with two attached hydrogens (primary N) is 2. The summed E-state index contributed by atoms with van der Waals surface area (Å²) in [6.07, 6.45) is -1.01. The minimum Gasteiger partial charge on any atom is -0.463 e. The van der Waals surface area contributed by atoms with Gasteiger partial charge in [0.15, 0.2) is 0 Å². The van der Waals surface area contributed by atoms with Crippen LogP contribution in [0.1, 0.15) is 39.5 Å². The Kier molecular flexibility index (Phi) is 17.5. The number of primary amides is 2. The van der Waals surface area contributed by atoms with Crippen molar-refractivity contribution in [3.63, 3.8) is 0 Å².